The Morgan fingerprint density at radius 1 is 1.56 bits per heavy atom. The molecule has 0 bridgehead atoms. The fourth-order valence-electron chi connectivity index (χ4n) is 1.64. The molecule has 3 nitrogen and oxygen atoms in total. The first-order chi connectivity index (χ1) is 7.54. The lowest BCUT2D eigenvalue weighted by molar-refractivity contribution is 0.0937. The molecule has 0 aliphatic heterocycles. The number of aryl methyl sites for hydroxylation is 1. The van der Waals surface area contributed by atoms with E-state index in [0.29, 0.717) is 12.5 Å². The average molecular weight is 240 g/mol. The molecule has 1 heterocycles. The van der Waals surface area contributed by atoms with Crippen molar-refractivity contribution in [3.8, 4) is 0 Å². The minimum atomic E-state index is 0.00333. The molecule has 0 saturated carbocycles. The van der Waals surface area contributed by atoms with Gasteiger partial charge < -0.3 is 11.1 Å². The van der Waals surface area contributed by atoms with E-state index in [0.717, 1.165) is 16.9 Å². The van der Waals surface area contributed by atoms with Crippen molar-refractivity contribution < 1.29 is 4.79 Å². The maximum atomic E-state index is 11.9. The third-order valence-electron chi connectivity index (χ3n) is 2.44. The highest BCUT2D eigenvalue weighted by atomic mass is 32.1. The summed E-state index contributed by atoms with van der Waals surface area (Å²) in [4.78, 5) is 12.7. The highest BCUT2D eigenvalue weighted by Gasteiger charge is 2.15. The predicted molar refractivity (Wildman–Crippen MR) is 68.8 cm³/mol. The number of nitrogens with one attached hydrogen (secondary N) is 1. The molecule has 1 aromatic rings. The first-order valence-electron chi connectivity index (χ1n) is 5.59. The van der Waals surface area contributed by atoms with Crippen LogP contribution in [0.2, 0.25) is 0 Å². The predicted octanol–water partition coefficient (Wildman–Crippen LogP) is 2.16. The molecule has 90 valence electrons. The molecule has 0 aromatic carbocycles. The van der Waals surface area contributed by atoms with Gasteiger partial charge in [0.05, 0.1) is 4.88 Å². The van der Waals surface area contributed by atoms with Crippen LogP contribution in [-0.2, 0) is 0 Å². The van der Waals surface area contributed by atoms with Crippen LogP contribution in [0.5, 0.6) is 0 Å². The van der Waals surface area contributed by atoms with E-state index >= 15 is 0 Å². The van der Waals surface area contributed by atoms with Gasteiger partial charge in [-0.2, -0.15) is 0 Å². The Kier molecular flexibility index (Phi) is 4.96. The van der Waals surface area contributed by atoms with Crippen molar-refractivity contribution in [1.29, 1.82) is 0 Å². The largest absolute Gasteiger partial charge is 0.347 e. The lowest BCUT2D eigenvalue weighted by Crippen LogP contribution is -2.40. The summed E-state index contributed by atoms with van der Waals surface area (Å²) in [6, 6.07) is 2.04. The first-order valence-corrected chi connectivity index (χ1v) is 6.47. The van der Waals surface area contributed by atoms with Crippen LogP contribution < -0.4 is 11.1 Å². The molecule has 1 atom stereocenters. The number of carbonyl (C=O) groups excluding carboxylic acids is 1. The molecular weight excluding hydrogens is 220 g/mol. The number of rotatable bonds is 5. The molecule has 0 fully saturated rings. The van der Waals surface area contributed by atoms with Gasteiger partial charge in [0, 0.05) is 12.6 Å². The highest BCUT2D eigenvalue weighted by molar-refractivity contribution is 7.12. The molecule has 0 radical (unpaired) electrons. The van der Waals surface area contributed by atoms with Gasteiger partial charge in [-0.3, -0.25) is 4.79 Å². The van der Waals surface area contributed by atoms with Crippen LogP contribution in [0, 0.1) is 12.8 Å². The maximum absolute atomic E-state index is 11.9. The zero-order valence-electron chi connectivity index (χ0n) is 10.1. The molecule has 3 N–H and O–H groups in total. The van der Waals surface area contributed by atoms with E-state index in [2.05, 4.69) is 19.2 Å². The summed E-state index contributed by atoms with van der Waals surface area (Å²) in [6.45, 7) is 6.70. The van der Waals surface area contributed by atoms with E-state index in [9.17, 15) is 4.79 Å². The second-order valence-electron chi connectivity index (χ2n) is 4.47. The van der Waals surface area contributed by atoms with Crippen LogP contribution >= 0.6 is 11.3 Å². The van der Waals surface area contributed by atoms with Crippen molar-refractivity contribution in [2.75, 3.05) is 6.54 Å². The Hall–Kier alpha value is -0.870. The number of carbonyl (C=O) groups is 1. The molecule has 1 aromatic heterocycles. The second kappa shape index (κ2) is 6.01. The van der Waals surface area contributed by atoms with Crippen molar-refractivity contribution in [3.63, 3.8) is 0 Å². The Labute approximate surface area is 101 Å². The van der Waals surface area contributed by atoms with Gasteiger partial charge in [-0.25, -0.2) is 0 Å². The summed E-state index contributed by atoms with van der Waals surface area (Å²) < 4.78 is 0. The first kappa shape index (κ1) is 13.2. The number of amides is 1. The molecule has 0 spiro atoms. The fraction of sp³-hybridized carbons (Fsp3) is 0.583. The van der Waals surface area contributed by atoms with Gasteiger partial charge in [0.1, 0.15) is 0 Å². The molecule has 1 amide bonds. The Morgan fingerprint density at radius 2 is 2.25 bits per heavy atom. The van der Waals surface area contributed by atoms with Gasteiger partial charge in [0.25, 0.3) is 5.91 Å². The van der Waals surface area contributed by atoms with Crippen LogP contribution in [0.4, 0.5) is 0 Å². The summed E-state index contributed by atoms with van der Waals surface area (Å²) in [6.07, 6.45) is 0.923. The van der Waals surface area contributed by atoms with Gasteiger partial charge in [0.15, 0.2) is 0 Å². The summed E-state index contributed by atoms with van der Waals surface area (Å²) in [7, 11) is 0. The molecule has 0 aliphatic rings. The van der Waals surface area contributed by atoms with E-state index in [4.69, 9.17) is 5.73 Å². The van der Waals surface area contributed by atoms with E-state index in [1.54, 1.807) is 0 Å². The van der Waals surface area contributed by atoms with Gasteiger partial charge in [-0.1, -0.05) is 13.8 Å². The standard InChI is InChI=1S/C12H20N2OS/c1-8(2)6-10(7-13)14-12(15)11-9(3)4-5-16-11/h4-5,8,10H,6-7,13H2,1-3H3,(H,14,15). The normalized spacial score (nSPS) is 12.8. The van der Waals surface area contributed by atoms with E-state index in [-0.39, 0.29) is 11.9 Å². The molecule has 1 unspecified atom stereocenters. The zero-order chi connectivity index (χ0) is 12.1. The smallest absolute Gasteiger partial charge is 0.261 e. The van der Waals surface area contributed by atoms with Crippen LogP contribution in [0.3, 0.4) is 0 Å². The summed E-state index contributed by atoms with van der Waals surface area (Å²) in [5.41, 5.74) is 6.68. The van der Waals surface area contributed by atoms with Gasteiger partial charge >= 0.3 is 0 Å². The monoisotopic (exact) mass is 240 g/mol. The minimum Gasteiger partial charge on any atom is -0.347 e. The molecular formula is C12H20N2OS. The highest BCUT2D eigenvalue weighted by Crippen LogP contribution is 2.15. The van der Waals surface area contributed by atoms with Crippen LogP contribution in [-0.4, -0.2) is 18.5 Å². The second-order valence-corrected chi connectivity index (χ2v) is 5.38. The summed E-state index contributed by atoms with van der Waals surface area (Å²) in [5, 5.41) is 4.92. The van der Waals surface area contributed by atoms with Crippen molar-refractivity contribution in [2.24, 2.45) is 11.7 Å². The fourth-order valence-corrected chi connectivity index (χ4v) is 2.47. The zero-order valence-corrected chi connectivity index (χ0v) is 10.9. The summed E-state index contributed by atoms with van der Waals surface area (Å²) >= 11 is 1.48. The Balaban J connectivity index is 2.59. The van der Waals surface area contributed by atoms with Crippen LogP contribution in [0.1, 0.15) is 35.5 Å². The minimum absolute atomic E-state index is 0.00333. The molecule has 0 aliphatic carbocycles. The number of hydrogen-bond donors (Lipinski definition) is 2. The van der Waals surface area contributed by atoms with E-state index in [1.807, 2.05) is 18.4 Å². The van der Waals surface area contributed by atoms with Crippen LogP contribution in [0.15, 0.2) is 11.4 Å². The van der Waals surface area contributed by atoms with Crippen LogP contribution in [0.25, 0.3) is 0 Å². The third kappa shape index (κ3) is 3.61. The van der Waals surface area contributed by atoms with Crippen molar-refractivity contribution in [3.05, 3.63) is 21.9 Å². The lowest BCUT2D eigenvalue weighted by Gasteiger charge is -2.18. The van der Waals surface area contributed by atoms with E-state index < -0.39 is 0 Å². The van der Waals surface area contributed by atoms with Crippen molar-refractivity contribution >= 4 is 17.2 Å². The topological polar surface area (TPSA) is 55.1 Å². The average Bonchev–Trinajstić information content (AvgIpc) is 2.62. The SMILES string of the molecule is Cc1ccsc1C(=O)NC(CN)CC(C)C. The Morgan fingerprint density at radius 3 is 2.69 bits per heavy atom. The van der Waals surface area contributed by atoms with Gasteiger partial charge in [0.2, 0.25) is 0 Å². The molecule has 4 heteroatoms. The molecule has 1 rings (SSSR count). The van der Waals surface area contributed by atoms with Gasteiger partial charge in [-0.05, 0) is 36.3 Å². The third-order valence-corrected chi connectivity index (χ3v) is 3.46. The summed E-state index contributed by atoms with van der Waals surface area (Å²) in [5.74, 6) is 0.543. The quantitative estimate of drug-likeness (QED) is 0.828. The van der Waals surface area contributed by atoms with Crippen molar-refractivity contribution in [2.45, 2.75) is 33.2 Å². The number of nitrogens with two attached hydrogens (primary N) is 1. The molecule has 0 saturated heterocycles. The van der Waals surface area contributed by atoms with Gasteiger partial charge in [-0.15, -0.1) is 11.3 Å². The van der Waals surface area contributed by atoms with E-state index in [1.165, 1.54) is 11.3 Å². The number of thiophene rings is 1. The Bertz CT molecular complexity index is 347. The lowest BCUT2D eigenvalue weighted by atomic mass is 10.0. The maximum Gasteiger partial charge on any atom is 0.261 e. The van der Waals surface area contributed by atoms with Crippen molar-refractivity contribution in [1.82, 2.24) is 5.32 Å². The molecule has 16 heavy (non-hydrogen) atoms. The number of hydrogen-bond acceptors (Lipinski definition) is 3.